The third-order valence-electron chi connectivity index (χ3n) is 3.42. The van der Waals surface area contributed by atoms with Gasteiger partial charge in [0.05, 0.1) is 25.7 Å². The molecule has 0 aliphatic rings. The number of hydrogen-bond donors (Lipinski definition) is 1. The van der Waals surface area contributed by atoms with Crippen molar-refractivity contribution in [2.75, 3.05) is 0 Å². The molecule has 1 aromatic heterocycles. The van der Waals surface area contributed by atoms with E-state index in [0.717, 1.165) is 18.2 Å². The van der Waals surface area contributed by atoms with E-state index in [9.17, 15) is 27.3 Å². The van der Waals surface area contributed by atoms with Crippen LogP contribution >= 0.6 is 11.8 Å². The zero-order chi connectivity index (χ0) is 19.1. The van der Waals surface area contributed by atoms with E-state index < -0.39 is 32.1 Å². The molecule has 0 atom stereocenters. The van der Waals surface area contributed by atoms with Gasteiger partial charge in [0.25, 0.3) is 5.69 Å². The lowest BCUT2D eigenvalue weighted by atomic mass is 10.3. The molecule has 0 saturated carbocycles. The van der Waals surface area contributed by atoms with Crippen molar-refractivity contribution in [3.8, 4) is 0 Å². The van der Waals surface area contributed by atoms with Gasteiger partial charge in [0.15, 0.2) is 5.16 Å². The second kappa shape index (κ2) is 6.63. The number of alkyl halides is 2. The van der Waals surface area contributed by atoms with Crippen molar-refractivity contribution in [2.45, 2.75) is 21.5 Å². The van der Waals surface area contributed by atoms with Crippen LogP contribution in [0.3, 0.4) is 0 Å². The van der Waals surface area contributed by atoms with Gasteiger partial charge < -0.3 is 0 Å². The van der Waals surface area contributed by atoms with Crippen LogP contribution in [0.5, 0.6) is 0 Å². The minimum Gasteiger partial charge on any atom is -0.261 e. The smallest absolute Gasteiger partial charge is 0.261 e. The lowest BCUT2D eigenvalue weighted by Gasteiger charge is -2.08. The first-order chi connectivity index (χ1) is 12.2. The SMILES string of the molecule is NS(=O)(=O)c1ccc(Sc2nc3ccccc3n2C(F)F)c([N+](=O)[O-])c1. The van der Waals surface area contributed by atoms with Crippen LogP contribution in [0.4, 0.5) is 14.5 Å². The first kappa shape index (κ1) is 18.2. The van der Waals surface area contributed by atoms with Crippen LogP contribution in [0.1, 0.15) is 6.55 Å². The summed E-state index contributed by atoms with van der Waals surface area (Å²) in [5.74, 6) is 0. The first-order valence-corrected chi connectivity index (χ1v) is 9.29. The summed E-state index contributed by atoms with van der Waals surface area (Å²) in [5.41, 5.74) is -0.0951. The van der Waals surface area contributed by atoms with E-state index in [4.69, 9.17) is 5.14 Å². The molecule has 2 N–H and O–H groups in total. The average molecular weight is 400 g/mol. The van der Waals surface area contributed by atoms with Gasteiger partial charge in [0.2, 0.25) is 10.0 Å². The van der Waals surface area contributed by atoms with E-state index in [-0.39, 0.29) is 15.6 Å². The topological polar surface area (TPSA) is 121 Å². The Balaban J connectivity index is 2.14. The number of nitrogens with two attached hydrogens (primary N) is 1. The number of imidazole rings is 1. The van der Waals surface area contributed by atoms with E-state index in [1.807, 2.05) is 0 Å². The molecule has 0 saturated heterocycles. The second-order valence-corrected chi connectivity index (χ2v) is 7.63. The van der Waals surface area contributed by atoms with Crippen LogP contribution in [0.15, 0.2) is 57.4 Å². The van der Waals surface area contributed by atoms with E-state index in [2.05, 4.69) is 4.98 Å². The summed E-state index contributed by atoms with van der Waals surface area (Å²) in [6.45, 7) is -2.91. The molecule has 1 heterocycles. The molecule has 0 bridgehead atoms. The van der Waals surface area contributed by atoms with Gasteiger partial charge in [0, 0.05) is 6.07 Å². The van der Waals surface area contributed by atoms with E-state index >= 15 is 0 Å². The highest BCUT2D eigenvalue weighted by Gasteiger charge is 2.24. The van der Waals surface area contributed by atoms with Crippen LogP contribution in [0.2, 0.25) is 0 Å². The molecule has 0 unspecified atom stereocenters. The maximum atomic E-state index is 13.5. The van der Waals surface area contributed by atoms with Crippen molar-refractivity contribution < 1.29 is 22.1 Å². The molecule has 0 fully saturated rings. The number of sulfonamides is 1. The Kier molecular flexibility index (Phi) is 4.64. The third kappa shape index (κ3) is 3.38. The number of nitro benzene ring substituents is 1. The van der Waals surface area contributed by atoms with Crippen molar-refractivity contribution in [1.82, 2.24) is 9.55 Å². The Hall–Kier alpha value is -2.57. The zero-order valence-electron chi connectivity index (χ0n) is 12.7. The Bertz CT molecular complexity index is 1120. The molecule has 0 spiro atoms. The molecule has 136 valence electrons. The number of para-hydroxylation sites is 2. The minimum absolute atomic E-state index is 0.0420. The summed E-state index contributed by atoms with van der Waals surface area (Å²) in [6.07, 6.45) is 0. The summed E-state index contributed by atoms with van der Waals surface area (Å²) >= 11 is 0.637. The quantitative estimate of drug-likeness (QED) is 0.519. The molecule has 8 nitrogen and oxygen atoms in total. The molecule has 3 rings (SSSR count). The highest BCUT2D eigenvalue weighted by molar-refractivity contribution is 7.99. The summed E-state index contributed by atoms with van der Waals surface area (Å²) in [4.78, 5) is 14.0. The van der Waals surface area contributed by atoms with E-state index in [1.165, 1.54) is 12.1 Å². The minimum atomic E-state index is -4.15. The Morgan fingerprint density at radius 1 is 1.23 bits per heavy atom. The zero-order valence-corrected chi connectivity index (χ0v) is 14.4. The number of aromatic nitrogens is 2. The fourth-order valence-corrected chi connectivity index (χ4v) is 3.81. The number of nitro groups is 1. The summed E-state index contributed by atoms with van der Waals surface area (Å²) in [5, 5.41) is 16.1. The number of nitrogens with zero attached hydrogens (tertiary/aromatic N) is 3. The van der Waals surface area contributed by atoms with Crippen LogP contribution in [-0.4, -0.2) is 22.9 Å². The van der Waals surface area contributed by atoms with Gasteiger partial charge in [-0.15, -0.1) is 0 Å². The van der Waals surface area contributed by atoms with Gasteiger partial charge in [-0.05, 0) is 36.0 Å². The highest BCUT2D eigenvalue weighted by atomic mass is 32.2. The average Bonchev–Trinajstić information content (AvgIpc) is 2.91. The van der Waals surface area contributed by atoms with Crippen molar-refractivity contribution in [1.29, 1.82) is 0 Å². The largest absolute Gasteiger partial charge is 0.321 e. The summed E-state index contributed by atoms with van der Waals surface area (Å²) in [6, 6.07) is 9.18. The number of benzene rings is 2. The van der Waals surface area contributed by atoms with Crippen molar-refractivity contribution >= 4 is 38.5 Å². The van der Waals surface area contributed by atoms with Crippen LogP contribution in [0, 0.1) is 10.1 Å². The van der Waals surface area contributed by atoms with Crippen LogP contribution in [0.25, 0.3) is 11.0 Å². The summed E-state index contributed by atoms with van der Waals surface area (Å²) < 4.78 is 50.3. The van der Waals surface area contributed by atoms with Gasteiger partial charge >= 0.3 is 6.55 Å². The molecule has 0 aliphatic carbocycles. The van der Waals surface area contributed by atoms with Gasteiger partial charge in [-0.1, -0.05) is 12.1 Å². The molecule has 3 aromatic rings. The molecule has 12 heteroatoms. The monoisotopic (exact) mass is 400 g/mol. The molecule has 0 aliphatic heterocycles. The van der Waals surface area contributed by atoms with Crippen molar-refractivity contribution in [3.63, 3.8) is 0 Å². The molecular weight excluding hydrogens is 390 g/mol. The lowest BCUT2D eigenvalue weighted by Crippen LogP contribution is -2.12. The van der Waals surface area contributed by atoms with Crippen LogP contribution in [-0.2, 0) is 10.0 Å². The van der Waals surface area contributed by atoms with Crippen molar-refractivity contribution in [2.24, 2.45) is 5.14 Å². The Morgan fingerprint density at radius 3 is 2.54 bits per heavy atom. The molecule has 26 heavy (non-hydrogen) atoms. The maximum Gasteiger partial charge on any atom is 0.321 e. The third-order valence-corrected chi connectivity index (χ3v) is 5.36. The standard InChI is InChI=1S/C14H10F2N4O4S2/c15-13(16)19-10-4-2-1-3-9(10)18-14(19)25-12-6-5-8(26(17,23)24)7-11(12)20(21)22/h1-7,13H,(H2,17,23,24). The number of primary sulfonamides is 1. The van der Waals surface area contributed by atoms with E-state index in [0.29, 0.717) is 21.8 Å². The predicted molar refractivity (Wildman–Crippen MR) is 89.6 cm³/mol. The van der Waals surface area contributed by atoms with Crippen molar-refractivity contribution in [3.05, 3.63) is 52.6 Å². The lowest BCUT2D eigenvalue weighted by molar-refractivity contribution is -0.388. The number of fused-ring (bicyclic) bond motifs is 1. The Labute approximate surface area is 149 Å². The van der Waals surface area contributed by atoms with Gasteiger partial charge in [-0.2, -0.15) is 8.78 Å². The number of rotatable bonds is 5. The second-order valence-electron chi connectivity index (χ2n) is 5.06. The molecule has 2 aromatic carbocycles. The maximum absolute atomic E-state index is 13.5. The Morgan fingerprint density at radius 2 is 1.92 bits per heavy atom. The highest BCUT2D eigenvalue weighted by Crippen LogP contribution is 2.38. The number of halogens is 2. The van der Waals surface area contributed by atoms with Crippen LogP contribution < -0.4 is 5.14 Å². The fraction of sp³-hybridized carbons (Fsp3) is 0.0714. The number of hydrogen-bond acceptors (Lipinski definition) is 6. The molecule has 0 amide bonds. The fourth-order valence-electron chi connectivity index (χ4n) is 2.28. The van der Waals surface area contributed by atoms with Gasteiger partial charge in [0.1, 0.15) is 0 Å². The normalized spacial score (nSPS) is 12.0. The summed E-state index contributed by atoms with van der Waals surface area (Å²) in [7, 11) is -4.15. The first-order valence-electron chi connectivity index (χ1n) is 6.92. The van der Waals surface area contributed by atoms with Gasteiger partial charge in [-0.3, -0.25) is 14.7 Å². The molecule has 0 radical (unpaired) electrons. The molecular formula is C14H10F2N4O4S2. The van der Waals surface area contributed by atoms with Gasteiger partial charge in [-0.25, -0.2) is 18.5 Å². The van der Waals surface area contributed by atoms with E-state index in [1.54, 1.807) is 12.1 Å². The predicted octanol–water partition coefficient (Wildman–Crippen LogP) is 3.14.